The van der Waals surface area contributed by atoms with Gasteiger partial charge < -0.3 is 24.4 Å². The van der Waals surface area contributed by atoms with E-state index in [4.69, 9.17) is 21.9 Å². The Hall–Kier alpha value is -3.68. The van der Waals surface area contributed by atoms with Crippen LogP contribution in [0.5, 0.6) is 0 Å². The maximum Gasteiger partial charge on any atom is 0.174 e. The van der Waals surface area contributed by atoms with Crippen molar-refractivity contribution >= 4 is 28.7 Å². The fourth-order valence-corrected chi connectivity index (χ4v) is 6.70. The van der Waals surface area contributed by atoms with Gasteiger partial charge in [-0.2, -0.15) is 0 Å². The number of rotatable bonds is 6. The highest BCUT2D eigenvalue weighted by molar-refractivity contribution is 7.80. The Morgan fingerprint density at radius 3 is 2.40 bits per heavy atom. The van der Waals surface area contributed by atoms with Crippen molar-refractivity contribution in [3.05, 3.63) is 107 Å². The number of aryl methyl sites for hydroxylation is 3. The van der Waals surface area contributed by atoms with Crippen molar-refractivity contribution in [1.29, 1.82) is 0 Å². The fourth-order valence-electron chi connectivity index (χ4n) is 6.35. The van der Waals surface area contributed by atoms with Crippen LogP contribution in [0.4, 0.5) is 11.4 Å². The lowest BCUT2D eigenvalue weighted by Gasteiger charge is -2.31. The molecule has 0 spiro atoms. The lowest BCUT2D eigenvalue weighted by atomic mass is 9.96. The Labute approximate surface area is 242 Å². The highest BCUT2D eigenvalue weighted by Crippen LogP contribution is 2.44. The van der Waals surface area contributed by atoms with E-state index in [1.165, 1.54) is 39.5 Å². The van der Waals surface area contributed by atoms with Crippen LogP contribution in [0.3, 0.4) is 0 Å². The number of anilines is 2. The van der Waals surface area contributed by atoms with Crippen molar-refractivity contribution in [3.8, 4) is 5.69 Å². The summed E-state index contributed by atoms with van der Waals surface area (Å²) in [6, 6.07) is 23.7. The summed E-state index contributed by atoms with van der Waals surface area (Å²) in [5.74, 6) is 0. The van der Waals surface area contributed by atoms with Crippen molar-refractivity contribution in [3.63, 3.8) is 0 Å². The molecule has 0 radical (unpaired) electrons. The van der Waals surface area contributed by atoms with Gasteiger partial charge in [0.25, 0.3) is 0 Å². The van der Waals surface area contributed by atoms with Crippen LogP contribution in [-0.2, 0) is 11.2 Å². The molecule has 2 fully saturated rings. The van der Waals surface area contributed by atoms with Crippen molar-refractivity contribution in [2.75, 3.05) is 36.1 Å². The number of morpholine rings is 1. The minimum absolute atomic E-state index is 0.0503. The number of hydrogen-bond acceptors (Lipinski definition) is 4. The van der Waals surface area contributed by atoms with Crippen LogP contribution in [0.1, 0.15) is 52.8 Å². The lowest BCUT2D eigenvalue weighted by molar-refractivity contribution is 0.122. The smallest absolute Gasteiger partial charge is 0.174 e. The number of benzene rings is 2. The monoisotopic (exact) mass is 551 g/mol. The summed E-state index contributed by atoms with van der Waals surface area (Å²) in [5.41, 5.74) is 10.9. The van der Waals surface area contributed by atoms with Gasteiger partial charge in [0, 0.05) is 42.0 Å². The van der Waals surface area contributed by atoms with Crippen LogP contribution in [0.25, 0.3) is 5.69 Å². The van der Waals surface area contributed by atoms with Crippen molar-refractivity contribution in [2.45, 2.75) is 46.2 Å². The zero-order valence-corrected chi connectivity index (χ0v) is 24.5. The number of para-hydroxylation sites is 1. The minimum atomic E-state index is -0.0796. The summed E-state index contributed by atoms with van der Waals surface area (Å²) >= 11 is 6.02. The van der Waals surface area contributed by atoms with Crippen LogP contribution in [-0.4, -0.2) is 41.0 Å². The molecule has 0 saturated carbocycles. The van der Waals surface area contributed by atoms with Gasteiger partial charge in [-0.3, -0.25) is 4.98 Å². The van der Waals surface area contributed by atoms with Gasteiger partial charge in [-0.25, -0.2) is 0 Å². The maximum absolute atomic E-state index is 6.02. The molecule has 2 atom stereocenters. The lowest BCUT2D eigenvalue weighted by Crippen LogP contribution is -2.36. The molecule has 4 aromatic rings. The standard InChI is InChI=1S/C33H37N5OS/c1-5-25-10-8-9-22(2)31(25)37-23(3)21-28(24(37)4)32-30(29-11-6-7-16-34-29)35-33(40)38(32)27-14-12-26(13-15-27)36-17-19-39-20-18-36/h6-16,21,30,32H,5,17-20H2,1-4H3,(H,35,40)/t30-,32+/m0/s1. The van der Waals surface area contributed by atoms with Gasteiger partial charge in [0.1, 0.15) is 0 Å². The first kappa shape index (κ1) is 26.5. The SMILES string of the molecule is CCc1cccc(C)c1-n1c(C)cc([C@@H]2[C@H](c3ccccn3)NC(=S)N2c2ccc(N3CCOCC3)cc2)c1C. The molecule has 40 heavy (non-hydrogen) atoms. The Morgan fingerprint density at radius 1 is 0.950 bits per heavy atom. The molecule has 2 aliphatic rings. The van der Waals surface area contributed by atoms with Crippen molar-refractivity contribution in [2.24, 2.45) is 0 Å². The van der Waals surface area contributed by atoms with Gasteiger partial charge in [-0.1, -0.05) is 31.2 Å². The van der Waals surface area contributed by atoms with Crippen LogP contribution in [0.15, 0.2) is 72.9 Å². The summed E-state index contributed by atoms with van der Waals surface area (Å²) in [6.45, 7) is 12.3. The molecule has 6 nitrogen and oxygen atoms in total. The van der Waals surface area contributed by atoms with E-state index < -0.39 is 0 Å². The number of aromatic nitrogens is 2. The summed E-state index contributed by atoms with van der Waals surface area (Å²) in [7, 11) is 0. The zero-order chi connectivity index (χ0) is 27.8. The average molecular weight is 552 g/mol. The van der Waals surface area contributed by atoms with Crippen LogP contribution in [0.2, 0.25) is 0 Å². The van der Waals surface area contributed by atoms with Gasteiger partial charge in [0.2, 0.25) is 0 Å². The van der Waals surface area contributed by atoms with E-state index >= 15 is 0 Å². The number of pyridine rings is 1. The number of nitrogens with one attached hydrogen (secondary N) is 1. The Bertz CT molecular complexity index is 1510. The van der Waals surface area contributed by atoms with E-state index in [0.717, 1.165) is 49.2 Å². The third-order valence-electron chi connectivity index (χ3n) is 8.32. The summed E-state index contributed by atoms with van der Waals surface area (Å²) in [5, 5.41) is 4.35. The van der Waals surface area contributed by atoms with E-state index in [2.05, 4.69) is 102 Å². The molecule has 7 heteroatoms. The Kier molecular flexibility index (Phi) is 7.34. The normalized spacial score (nSPS) is 19.2. The van der Waals surface area contributed by atoms with Gasteiger partial charge in [-0.15, -0.1) is 0 Å². The molecule has 6 rings (SSSR count). The first-order valence-corrected chi connectivity index (χ1v) is 14.6. The predicted octanol–water partition coefficient (Wildman–Crippen LogP) is 6.37. The summed E-state index contributed by atoms with van der Waals surface area (Å²) in [4.78, 5) is 9.42. The topological polar surface area (TPSA) is 45.6 Å². The molecule has 2 aromatic carbocycles. The van der Waals surface area contributed by atoms with E-state index in [1.807, 2.05) is 18.3 Å². The van der Waals surface area contributed by atoms with Gasteiger partial charge >= 0.3 is 0 Å². The Morgan fingerprint density at radius 2 is 1.70 bits per heavy atom. The summed E-state index contributed by atoms with van der Waals surface area (Å²) < 4.78 is 7.98. The highest BCUT2D eigenvalue weighted by atomic mass is 32.1. The van der Waals surface area contributed by atoms with Gasteiger partial charge in [0.05, 0.1) is 36.7 Å². The third-order valence-corrected chi connectivity index (χ3v) is 8.63. The fraction of sp³-hybridized carbons (Fsp3) is 0.333. The molecule has 2 saturated heterocycles. The molecule has 0 bridgehead atoms. The highest BCUT2D eigenvalue weighted by Gasteiger charge is 2.42. The number of nitrogens with zero attached hydrogens (tertiary/aromatic N) is 4. The summed E-state index contributed by atoms with van der Waals surface area (Å²) in [6.07, 6.45) is 2.84. The molecule has 2 aliphatic heterocycles. The first-order valence-electron chi connectivity index (χ1n) is 14.2. The quantitative estimate of drug-likeness (QED) is 0.281. The average Bonchev–Trinajstić information content (AvgIpc) is 3.48. The molecule has 0 aliphatic carbocycles. The molecule has 2 aromatic heterocycles. The predicted molar refractivity (Wildman–Crippen MR) is 167 cm³/mol. The second kappa shape index (κ2) is 11.1. The van der Waals surface area contributed by atoms with Crippen LogP contribution in [0, 0.1) is 20.8 Å². The van der Waals surface area contributed by atoms with Crippen LogP contribution >= 0.6 is 12.2 Å². The Balaban J connectivity index is 1.46. The number of thiocarbonyl (C=S) groups is 1. The number of ether oxygens (including phenoxy) is 1. The van der Waals surface area contributed by atoms with Crippen molar-refractivity contribution in [1.82, 2.24) is 14.9 Å². The molecule has 0 unspecified atom stereocenters. The molecule has 4 heterocycles. The molecule has 0 amide bonds. The third kappa shape index (κ3) is 4.67. The van der Waals surface area contributed by atoms with E-state index in [9.17, 15) is 0 Å². The van der Waals surface area contributed by atoms with Crippen LogP contribution < -0.4 is 15.1 Å². The maximum atomic E-state index is 6.02. The molecule has 206 valence electrons. The van der Waals surface area contributed by atoms with E-state index in [1.54, 1.807) is 0 Å². The molecular weight excluding hydrogens is 514 g/mol. The second-order valence-electron chi connectivity index (χ2n) is 10.7. The van der Waals surface area contributed by atoms with Gasteiger partial charge in [0.15, 0.2) is 5.11 Å². The van der Waals surface area contributed by atoms with E-state index in [0.29, 0.717) is 0 Å². The second-order valence-corrected chi connectivity index (χ2v) is 11.1. The first-order chi connectivity index (χ1) is 19.5. The number of hydrogen-bond donors (Lipinski definition) is 1. The molecular formula is C33H37N5OS. The minimum Gasteiger partial charge on any atom is -0.378 e. The molecule has 1 N–H and O–H groups in total. The zero-order valence-electron chi connectivity index (χ0n) is 23.7. The van der Waals surface area contributed by atoms with Gasteiger partial charge in [-0.05, 0) is 98.6 Å². The van der Waals surface area contributed by atoms with E-state index in [-0.39, 0.29) is 12.1 Å². The van der Waals surface area contributed by atoms with Crippen molar-refractivity contribution < 1.29 is 4.74 Å². The largest absolute Gasteiger partial charge is 0.378 e.